The van der Waals surface area contributed by atoms with Crippen LogP contribution in [0.25, 0.3) is 11.1 Å². The fraction of sp³-hybridized carbons (Fsp3) is 0.560. The summed E-state index contributed by atoms with van der Waals surface area (Å²) in [5, 5.41) is 0. The number of pyridine rings is 2. The summed E-state index contributed by atoms with van der Waals surface area (Å²) in [7, 11) is 1.69. The summed E-state index contributed by atoms with van der Waals surface area (Å²) in [5.41, 5.74) is 1.09. The van der Waals surface area contributed by atoms with Gasteiger partial charge in [0.15, 0.2) is 0 Å². The maximum Gasteiger partial charge on any atom is 0.409 e. The van der Waals surface area contributed by atoms with E-state index in [9.17, 15) is 14.0 Å². The number of likely N-dealkylation sites (tertiary alicyclic amines) is 1. The number of anilines is 1. The quantitative estimate of drug-likeness (QED) is 0.686. The van der Waals surface area contributed by atoms with Crippen molar-refractivity contribution in [3.05, 3.63) is 46.8 Å². The highest BCUT2D eigenvalue weighted by molar-refractivity contribution is 5.75. The molecule has 5 rings (SSSR count). The normalized spacial score (nSPS) is 22.1. The Morgan fingerprint density at radius 1 is 1.24 bits per heavy atom. The minimum atomic E-state index is -0.447. The smallest absolute Gasteiger partial charge is 0.409 e. The number of piperazine rings is 1. The number of aromatic nitrogens is 2. The average molecular weight is 470 g/mol. The van der Waals surface area contributed by atoms with Gasteiger partial charge in [-0.1, -0.05) is 0 Å². The van der Waals surface area contributed by atoms with E-state index in [-0.39, 0.29) is 17.1 Å². The number of amides is 1. The Bertz CT molecular complexity index is 1120. The number of aryl methyl sites for hydroxylation is 1. The zero-order valence-corrected chi connectivity index (χ0v) is 19.9. The van der Waals surface area contributed by atoms with Gasteiger partial charge in [-0.15, -0.1) is 0 Å². The monoisotopic (exact) mass is 469 g/mol. The predicted molar refractivity (Wildman–Crippen MR) is 127 cm³/mol. The third-order valence-corrected chi connectivity index (χ3v) is 7.63. The SMILES string of the molecule is CCOC(=O)N1CC2(CC[C@@H](N3CCN(c4ncc(F)cc4-c4cccn(C)c4=O)CC3)C2)C1. The summed E-state index contributed by atoms with van der Waals surface area (Å²) < 4.78 is 20.7. The van der Waals surface area contributed by atoms with Gasteiger partial charge in [0.2, 0.25) is 0 Å². The van der Waals surface area contributed by atoms with Crippen molar-refractivity contribution in [2.45, 2.75) is 32.2 Å². The van der Waals surface area contributed by atoms with Crippen molar-refractivity contribution in [2.24, 2.45) is 12.5 Å². The van der Waals surface area contributed by atoms with Crippen molar-refractivity contribution in [3.63, 3.8) is 0 Å². The number of halogens is 1. The second-order valence-electron chi connectivity index (χ2n) is 9.84. The van der Waals surface area contributed by atoms with Crippen LogP contribution in [-0.2, 0) is 11.8 Å². The topological polar surface area (TPSA) is 70.9 Å². The van der Waals surface area contributed by atoms with E-state index in [4.69, 9.17) is 4.74 Å². The van der Waals surface area contributed by atoms with Gasteiger partial charge in [0.05, 0.1) is 18.4 Å². The first-order valence-corrected chi connectivity index (χ1v) is 12.1. The van der Waals surface area contributed by atoms with Crippen LogP contribution in [0, 0.1) is 11.2 Å². The number of rotatable bonds is 4. The molecule has 3 fully saturated rings. The standard InChI is InChI=1S/C25H32FN5O3/c1-3-34-24(33)31-16-25(17-31)7-6-19(14-25)29-9-11-30(12-10-29)22-21(13-18(26)15-27-22)20-5-4-8-28(2)23(20)32/h4-5,8,13,15,19H,3,6-7,9-12,14,16-17H2,1-2H3/t19-/m1/s1. The third-order valence-electron chi connectivity index (χ3n) is 7.63. The fourth-order valence-electron chi connectivity index (χ4n) is 5.87. The zero-order chi connectivity index (χ0) is 23.9. The molecule has 9 heteroatoms. The second-order valence-corrected chi connectivity index (χ2v) is 9.84. The predicted octanol–water partition coefficient (Wildman–Crippen LogP) is 2.72. The summed E-state index contributed by atoms with van der Waals surface area (Å²) in [6.07, 6.45) is 6.14. The minimum Gasteiger partial charge on any atom is -0.450 e. The van der Waals surface area contributed by atoms with Gasteiger partial charge in [0, 0.05) is 69.5 Å². The molecule has 182 valence electrons. The average Bonchev–Trinajstić information content (AvgIpc) is 3.26. The Labute approximate surface area is 198 Å². The second kappa shape index (κ2) is 9.02. The fourth-order valence-corrected chi connectivity index (χ4v) is 5.87. The van der Waals surface area contributed by atoms with Crippen LogP contribution in [0.2, 0.25) is 0 Å². The summed E-state index contributed by atoms with van der Waals surface area (Å²) in [5.74, 6) is 0.216. The van der Waals surface area contributed by atoms with Gasteiger partial charge in [0.25, 0.3) is 5.56 Å². The molecule has 0 bridgehead atoms. The van der Waals surface area contributed by atoms with E-state index in [1.807, 2.05) is 11.8 Å². The van der Waals surface area contributed by atoms with Crippen LogP contribution in [0.5, 0.6) is 0 Å². The first kappa shape index (κ1) is 22.8. The van der Waals surface area contributed by atoms with Gasteiger partial charge in [-0.2, -0.15) is 0 Å². The maximum absolute atomic E-state index is 14.1. The van der Waals surface area contributed by atoms with Crippen molar-refractivity contribution in [1.82, 2.24) is 19.4 Å². The Morgan fingerprint density at radius 3 is 2.74 bits per heavy atom. The molecular formula is C25H32FN5O3. The number of carbonyl (C=O) groups is 1. The molecule has 0 aromatic carbocycles. The number of hydrogen-bond acceptors (Lipinski definition) is 6. The molecular weight excluding hydrogens is 437 g/mol. The van der Waals surface area contributed by atoms with Crippen LogP contribution >= 0.6 is 0 Å². The lowest BCUT2D eigenvalue weighted by atomic mass is 9.78. The van der Waals surface area contributed by atoms with E-state index < -0.39 is 5.82 Å². The largest absolute Gasteiger partial charge is 0.450 e. The van der Waals surface area contributed by atoms with Crippen LogP contribution < -0.4 is 10.5 Å². The molecule has 1 atom stereocenters. The van der Waals surface area contributed by atoms with Crippen LogP contribution in [-0.4, -0.2) is 77.4 Å². The first-order chi connectivity index (χ1) is 16.4. The summed E-state index contributed by atoms with van der Waals surface area (Å²) in [6.45, 7) is 7.20. The molecule has 1 aliphatic carbocycles. The molecule has 2 aliphatic heterocycles. The molecule has 1 amide bonds. The molecule has 3 aliphatic rings. The lowest BCUT2D eigenvalue weighted by molar-refractivity contribution is -0.00294. The molecule has 8 nitrogen and oxygen atoms in total. The first-order valence-electron chi connectivity index (χ1n) is 12.1. The Hall–Kier alpha value is -2.94. The van der Waals surface area contributed by atoms with Crippen molar-refractivity contribution in [2.75, 3.05) is 50.8 Å². The Morgan fingerprint density at radius 2 is 2.00 bits per heavy atom. The van der Waals surface area contributed by atoms with Gasteiger partial charge >= 0.3 is 6.09 Å². The van der Waals surface area contributed by atoms with Crippen molar-refractivity contribution < 1.29 is 13.9 Å². The van der Waals surface area contributed by atoms with Gasteiger partial charge < -0.3 is 19.1 Å². The molecule has 1 spiro atoms. The van der Waals surface area contributed by atoms with Crippen LogP contribution in [0.1, 0.15) is 26.2 Å². The van der Waals surface area contributed by atoms with Gasteiger partial charge in [0.1, 0.15) is 11.6 Å². The van der Waals surface area contributed by atoms with Gasteiger partial charge in [-0.25, -0.2) is 14.2 Å². The van der Waals surface area contributed by atoms with E-state index in [2.05, 4.69) is 14.8 Å². The van der Waals surface area contributed by atoms with E-state index in [0.29, 0.717) is 29.6 Å². The Balaban J connectivity index is 1.24. The van der Waals surface area contributed by atoms with Crippen LogP contribution in [0.15, 0.2) is 35.4 Å². The highest BCUT2D eigenvalue weighted by Crippen LogP contribution is 2.47. The third kappa shape index (κ3) is 4.17. The molecule has 2 aromatic rings. The molecule has 4 heterocycles. The van der Waals surface area contributed by atoms with E-state index in [0.717, 1.165) is 58.5 Å². The summed E-state index contributed by atoms with van der Waals surface area (Å²) in [6, 6.07) is 5.46. The molecule has 2 saturated heterocycles. The summed E-state index contributed by atoms with van der Waals surface area (Å²) in [4.78, 5) is 35.6. The minimum absolute atomic E-state index is 0.164. The van der Waals surface area contributed by atoms with Gasteiger partial charge in [-0.05, 0) is 44.4 Å². The number of hydrogen-bond donors (Lipinski definition) is 0. The zero-order valence-electron chi connectivity index (χ0n) is 19.9. The molecule has 1 saturated carbocycles. The molecule has 0 unspecified atom stereocenters. The van der Waals surface area contributed by atoms with E-state index >= 15 is 0 Å². The molecule has 0 radical (unpaired) electrons. The van der Waals surface area contributed by atoms with Crippen molar-refractivity contribution in [1.29, 1.82) is 0 Å². The van der Waals surface area contributed by atoms with E-state index in [1.165, 1.54) is 16.8 Å². The van der Waals surface area contributed by atoms with Gasteiger partial charge in [-0.3, -0.25) is 9.69 Å². The number of nitrogens with zero attached hydrogens (tertiary/aromatic N) is 5. The highest BCUT2D eigenvalue weighted by atomic mass is 19.1. The van der Waals surface area contributed by atoms with Crippen molar-refractivity contribution >= 4 is 11.9 Å². The molecule has 0 N–H and O–H groups in total. The van der Waals surface area contributed by atoms with E-state index in [1.54, 1.807) is 25.4 Å². The van der Waals surface area contributed by atoms with Crippen LogP contribution in [0.4, 0.5) is 15.0 Å². The molecule has 2 aromatic heterocycles. The lowest BCUT2D eigenvalue weighted by Gasteiger charge is -2.48. The maximum atomic E-state index is 14.1. The summed E-state index contributed by atoms with van der Waals surface area (Å²) >= 11 is 0. The molecule has 34 heavy (non-hydrogen) atoms. The number of ether oxygens (including phenoxy) is 1. The Kier molecular flexibility index (Phi) is 6.06. The van der Waals surface area contributed by atoms with Crippen LogP contribution in [0.3, 0.4) is 0 Å². The van der Waals surface area contributed by atoms with Crippen molar-refractivity contribution in [3.8, 4) is 11.1 Å². The number of carbonyl (C=O) groups excluding carboxylic acids is 1. The lowest BCUT2D eigenvalue weighted by Crippen LogP contribution is -2.58. The highest BCUT2D eigenvalue weighted by Gasteiger charge is 2.51.